The van der Waals surface area contributed by atoms with Crippen LogP contribution in [-0.2, 0) is 16.0 Å². The minimum absolute atomic E-state index is 0.329. The molecule has 5 nitrogen and oxygen atoms in total. The fourth-order valence-corrected chi connectivity index (χ4v) is 3.84. The molecule has 0 aliphatic carbocycles. The zero-order valence-electron chi connectivity index (χ0n) is 16.3. The molecular formula is C22H28ClN3O2. The van der Waals surface area contributed by atoms with Crippen molar-refractivity contribution in [2.45, 2.75) is 37.9 Å². The number of piperidine rings is 1. The molecule has 28 heavy (non-hydrogen) atoms. The summed E-state index contributed by atoms with van der Waals surface area (Å²) in [5.41, 5.74) is 1.89. The van der Waals surface area contributed by atoms with Gasteiger partial charge in [-0.25, -0.2) is 0 Å². The number of hydrogen-bond donors (Lipinski definition) is 1. The molecule has 2 aromatic rings. The van der Waals surface area contributed by atoms with Crippen molar-refractivity contribution in [2.75, 3.05) is 31.5 Å². The third-order valence-corrected chi connectivity index (χ3v) is 5.47. The van der Waals surface area contributed by atoms with E-state index < -0.39 is 6.10 Å². The Kier molecular flexibility index (Phi) is 7.43. The standard InChI is InChI=1S/C22H28ClN3O2/c1-18(16-27)28-22(17-25-21-5-3-2-4-6-21)8-11-26(12-9-22)10-7-19-13-20(23)15-24-14-19/h2-6,13-16,18,25H,7-12,17H2,1H3. The van der Waals surface area contributed by atoms with Crippen molar-refractivity contribution in [3.05, 3.63) is 59.4 Å². The number of likely N-dealkylation sites (tertiary alicyclic amines) is 1. The second-order valence-corrected chi connectivity index (χ2v) is 7.90. The zero-order valence-corrected chi connectivity index (χ0v) is 17.1. The Morgan fingerprint density at radius 1 is 1.29 bits per heavy atom. The number of hydrogen-bond acceptors (Lipinski definition) is 5. The number of benzene rings is 1. The van der Waals surface area contributed by atoms with Crippen LogP contribution in [0, 0.1) is 0 Å². The molecule has 3 rings (SSSR count). The summed E-state index contributed by atoms with van der Waals surface area (Å²) in [6.45, 7) is 5.36. The van der Waals surface area contributed by atoms with Crippen molar-refractivity contribution in [1.29, 1.82) is 0 Å². The topological polar surface area (TPSA) is 54.5 Å². The molecule has 2 heterocycles. The average molecular weight is 402 g/mol. The lowest BCUT2D eigenvalue weighted by Crippen LogP contribution is -2.51. The highest BCUT2D eigenvalue weighted by atomic mass is 35.5. The number of carbonyl (C=O) groups excluding carboxylic acids is 1. The molecule has 1 fully saturated rings. The summed E-state index contributed by atoms with van der Waals surface area (Å²) in [5.74, 6) is 0. The van der Waals surface area contributed by atoms with Crippen LogP contribution in [0.4, 0.5) is 5.69 Å². The number of nitrogens with zero attached hydrogens (tertiary/aromatic N) is 2. The second-order valence-electron chi connectivity index (χ2n) is 7.46. The molecule has 1 aromatic heterocycles. The van der Waals surface area contributed by atoms with Crippen LogP contribution in [0.25, 0.3) is 0 Å². The number of nitrogens with one attached hydrogen (secondary N) is 1. The van der Waals surface area contributed by atoms with Crippen molar-refractivity contribution in [2.24, 2.45) is 0 Å². The first-order valence-electron chi connectivity index (χ1n) is 9.82. The maximum Gasteiger partial charge on any atom is 0.148 e. The van der Waals surface area contributed by atoms with Gasteiger partial charge < -0.3 is 19.7 Å². The first-order chi connectivity index (χ1) is 13.6. The first kappa shape index (κ1) is 20.8. The highest BCUT2D eigenvalue weighted by molar-refractivity contribution is 6.30. The van der Waals surface area contributed by atoms with Gasteiger partial charge in [0.05, 0.1) is 10.6 Å². The zero-order chi connectivity index (χ0) is 19.8. The van der Waals surface area contributed by atoms with Crippen LogP contribution >= 0.6 is 11.6 Å². The molecule has 1 aliphatic heterocycles. The molecule has 1 N–H and O–H groups in total. The molecule has 1 unspecified atom stereocenters. The summed E-state index contributed by atoms with van der Waals surface area (Å²) in [6.07, 6.45) is 6.71. The lowest BCUT2D eigenvalue weighted by Gasteiger charge is -2.42. The largest absolute Gasteiger partial charge is 0.382 e. The van der Waals surface area contributed by atoms with Crippen LogP contribution in [0.2, 0.25) is 5.02 Å². The van der Waals surface area contributed by atoms with E-state index >= 15 is 0 Å². The number of ether oxygens (including phenoxy) is 1. The summed E-state index contributed by atoms with van der Waals surface area (Å²) in [6, 6.07) is 12.1. The number of carbonyl (C=O) groups is 1. The Labute approximate surface area is 172 Å². The number of anilines is 1. The minimum atomic E-state index is -0.401. The summed E-state index contributed by atoms with van der Waals surface area (Å²) in [7, 11) is 0. The molecule has 0 bridgehead atoms. The normalized spacial score (nSPS) is 17.8. The fourth-order valence-electron chi connectivity index (χ4n) is 3.64. The molecule has 1 atom stereocenters. The summed E-state index contributed by atoms with van der Waals surface area (Å²) < 4.78 is 6.19. The third kappa shape index (κ3) is 6.03. The van der Waals surface area contributed by atoms with Gasteiger partial charge in [-0.15, -0.1) is 0 Å². The highest BCUT2D eigenvalue weighted by Crippen LogP contribution is 2.28. The molecule has 6 heteroatoms. The number of rotatable bonds is 9. The Balaban J connectivity index is 1.56. The van der Waals surface area contributed by atoms with E-state index in [9.17, 15) is 4.79 Å². The van der Waals surface area contributed by atoms with Gasteiger partial charge in [-0.3, -0.25) is 4.98 Å². The van der Waals surface area contributed by atoms with Crippen molar-refractivity contribution in [3.63, 3.8) is 0 Å². The molecule has 1 saturated heterocycles. The first-order valence-corrected chi connectivity index (χ1v) is 10.2. The Morgan fingerprint density at radius 2 is 2.04 bits per heavy atom. The van der Waals surface area contributed by atoms with Crippen LogP contribution in [0.3, 0.4) is 0 Å². The molecule has 0 saturated carbocycles. The van der Waals surface area contributed by atoms with Crippen LogP contribution in [0.5, 0.6) is 0 Å². The van der Waals surface area contributed by atoms with Crippen LogP contribution < -0.4 is 5.32 Å². The lowest BCUT2D eigenvalue weighted by molar-refractivity contribution is -0.137. The second kappa shape index (κ2) is 10.0. The Bertz CT molecular complexity index is 748. The number of pyridine rings is 1. The van der Waals surface area contributed by atoms with Gasteiger partial charge in [0.2, 0.25) is 0 Å². The van der Waals surface area contributed by atoms with E-state index in [1.54, 1.807) is 6.20 Å². The van der Waals surface area contributed by atoms with Crippen LogP contribution in [-0.4, -0.2) is 54.1 Å². The Morgan fingerprint density at radius 3 is 2.71 bits per heavy atom. The minimum Gasteiger partial charge on any atom is -0.382 e. The van der Waals surface area contributed by atoms with Crippen LogP contribution in [0.15, 0.2) is 48.8 Å². The summed E-state index contributed by atoms with van der Waals surface area (Å²) >= 11 is 6.02. The molecule has 0 radical (unpaired) electrons. The highest BCUT2D eigenvalue weighted by Gasteiger charge is 2.36. The summed E-state index contributed by atoms with van der Waals surface area (Å²) in [5, 5.41) is 4.16. The van der Waals surface area contributed by atoms with E-state index in [0.29, 0.717) is 11.6 Å². The Hall–Kier alpha value is -1.95. The van der Waals surface area contributed by atoms with Gasteiger partial charge in [-0.2, -0.15) is 0 Å². The molecule has 1 aliphatic rings. The number of aromatic nitrogens is 1. The monoisotopic (exact) mass is 401 g/mol. The molecule has 1 aromatic carbocycles. The maximum atomic E-state index is 11.2. The van der Waals surface area contributed by atoms with E-state index in [1.807, 2.05) is 49.5 Å². The van der Waals surface area contributed by atoms with E-state index in [-0.39, 0.29) is 5.60 Å². The quantitative estimate of drug-likeness (QED) is 0.647. The molecule has 0 amide bonds. The van der Waals surface area contributed by atoms with Crippen molar-refractivity contribution in [1.82, 2.24) is 9.88 Å². The number of halogens is 1. The van der Waals surface area contributed by atoms with Gasteiger partial charge in [0.25, 0.3) is 0 Å². The lowest BCUT2D eigenvalue weighted by atomic mass is 9.90. The van der Waals surface area contributed by atoms with Gasteiger partial charge in [-0.05, 0) is 49.9 Å². The van der Waals surface area contributed by atoms with Crippen molar-refractivity contribution < 1.29 is 9.53 Å². The van der Waals surface area contributed by atoms with Gasteiger partial charge in [-0.1, -0.05) is 29.8 Å². The predicted molar refractivity (Wildman–Crippen MR) is 113 cm³/mol. The van der Waals surface area contributed by atoms with Gasteiger partial charge >= 0.3 is 0 Å². The molecular weight excluding hydrogens is 374 g/mol. The number of para-hydroxylation sites is 1. The predicted octanol–water partition coefficient (Wildman–Crippen LogP) is 3.83. The van der Waals surface area contributed by atoms with Gasteiger partial charge in [0, 0.05) is 44.3 Å². The maximum absolute atomic E-state index is 11.2. The smallest absolute Gasteiger partial charge is 0.148 e. The average Bonchev–Trinajstić information content (AvgIpc) is 2.73. The van der Waals surface area contributed by atoms with E-state index in [1.165, 1.54) is 0 Å². The van der Waals surface area contributed by atoms with Crippen molar-refractivity contribution >= 4 is 23.6 Å². The summed E-state index contributed by atoms with van der Waals surface area (Å²) in [4.78, 5) is 17.8. The third-order valence-electron chi connectivity index (χ3n) is 5.26. The van der Waals surface area contributed by atoms with E-state index in [2.05, 4.69) is 15.2 Å². The SMILES string of the molecule is CC(C=O)OC1(CNc2ccccc2)CCN(CCc2cncc(Cl)c2)CC1. The van der Waals surface area contributed by atoms with Crippen LogP contribution in [0.1, 0.15) is 25.3 Å². The van der Waals surface area contributed by atoms with Gasteiger partial charge in [0.1, 0.15) is 12.4 Å². The van der Waals surface area contributed by atoms with E-state index in [4.69, 9.17) is 16.3 Å². The van der Waals surface area contributed by atoms with Crippen molar-refractivity contribution in [3.8, 4) is 0 Å². The number of aldehydes is 1. The van der Waals surface area contributed by atoms with E-state index in [0.717, 1.165) is 56.4 Å². The molecule has 150 valence electrons. The van der Waals surface area contributed by atoms with Gasteiger partial charge in [0.15, 0.2) is 0 Å². The fraction of sp³-hybridized carbons (Fsp3) is 0.455. The molecule has 0 spiro atoms.